The smallest absolute Gasteiger partial charge is 0.328 e. The molecule has 4 aromatic rings. The Balaban J connectivity index is 1.48. The molecule has 0 bridgehead atoms. The molecule has 1 aliphatic rings. The highest BCUT2D eigenvalue weighted by molar-refractivity contribution is 5.49. The number of aromatic amines is 1. The average molecular weight is 559 g/mol. The fraction of sp³-hybridized carbons (Fsp3) is 0.312. The van der Waals surface area contributed by atoms with Crippen LogP contribution in [0.25, 0.3) is 0 Å². The molecule has 0 amide bonds. The number of aliphatic hydroxyl groups is 1. The first-order chi connectivity index (χ1) is 19.8. The third-order valence-corrected chi connectivity index (χ3v) is 7.53. The minimum atomic E-state index is -1.05. The summed E-state index contributed by atoms with van der Waals surface area (Å²) >= 11 is 0. The molecule has 9 heteroatoms. The summed E-state index contributed by atoms with van der Waals surface area (Å²) in [5.74, 6) is 1.44. The van der Waals surface area contributed by atoms with Gasteiger partial charge in [0.15, 0.2) is 0 Å². The van der Waals surface area contributed by atoms with E-state index in [0.29, 0.717) is 12.0 Å². The van der Waals surface area contributed by atoms with Crippen molar-refractivity contribution in [1.29, 1.82) is 0 Å². The highest BCUT2D eigenvalue weighted by atomic mass is 16.6. The lowest BCUT2D eigenvalue weighted by Gasteiger charge is -2.37. The van der Waals surface area contributed by atoms with Gasteiger partial charge in [-0.1, -0.05) is 54.6 Å². The Hall–Kier alpha value is -4.18. The molecular weight excluding hydrogens is 524 g/mol. The molecule has 9 nitrogen and oxygen atoms in total. The molecular formula is C32H34N2O7. The van der Waals surface area contributed by atoms with Crippen LogP contribution in [0.5, 0.6) is 11.5 Å². The predicted octanol–water partition coefficient (Wildman–Crippen LogP) is 3.39. The third-order valence-electron chi connectivity index (χ3n) is 7.53. The zero-order valence-electron chi connectivity index (χ0n) is 23.3. The Labute approximate surface area is 237 Å². The summed E-state index contributed by atoms with van der Waals surface area (Å²) in [5, 5.41) is 11.0. The minimum Gasteiger partial charge on any atom is -0.497 e. The van der Waals surface area contributed by atoms with E-state index in [4.69, 9.17) is 18.9 Å². The normalized spacial score (nSPS) is 18.8. The molecule has 3 aromatic carbocycles. The topological polar surface area (TPSA) is 112 Å². The lowest BCUT2D eigenvalue weighted by molar-refractivity contribution is -0.0840. The van der Waals surface area contributed by atoms with E-state index < -0.39 is 35.2 Å². The first-order valence-electron chi connectivity index (χ1n) is 13.5. The number of aliphatic hydroxyl groups excluding tert-OH is 1. The molecule has 2 N–H and O–H groups in total. The third kappa shape index (κ3) is 5.83. The molecule has 2 heterocycles. The van der Waals surface area contributed by atoms with Gasteiger partial charge < -0.3 is 24.1 Å². The van der Waals surface area contributed by atoms with E-state index in [2.05, 4.69) is 4.98 Å². The molecule has 1 aromatic heterocycles. The van der Waals surface area contributed by atoms with Crippen LogP contribution >= 0.6 is 0 Å². The zero-order chi connectivity index (χ0) is 29.0. The fourth-order valence-corrected chi connectivity index (χ4v) is 5.34. The number of aryl methyl sites for hydroxylation is 1. The van der Waals surface area contributed by atoms with E-state index in [9.17, 15) is 14.7 Å². The van der Waals surface area contributed by atoms with Crippen molar-refractivity contribution in [1.82, 2.24) is 9.55 Å². The minimum absolute atomic E-state index is 0.0736. The number of H-pyrrole nitrogens is 1. The van der Waals surface area contributed by atoms with Crippen molar-refractivity contribution in [3.05, 3.63) is 128 Å². The van der Waals surface area contributed by atoms with Crippen molar-refractivity contribution < 1.29 is 24.1 Å². The van der Waals surface area contributed by atoms with Crippen LogP contribution < -0.4 is 20.7 Å². The lowest BCUT2D eigenvalue weighted by Crippen LogP contribution is -2.38. The Morgan fingerprint density at radius 3 is 2.02 bits per heavy atom. The van der Waals surface area contributed by atoms with E-state index in [1.807, 2.05) is 78.9 Å². The molecule has 214 valence electrons. The standard InChI is InChI=1S/C32H34N2O7/c1-21-18-34(31(37)33-30(21)36)19-27-17-28(35)29(41-27)20-40-32(22-7-5-4-6-8-22,23-9-13-25(38-2)14-10-23)24-11-15-26(39-3)16-12-24/h4-16,18,27-29,35H,17,19-20H2,1-3H3,(H,33,36,37)/t27-,28+,29-/m1/s1. The van der Waals surface area contributed by atoms with Gasteiger partial charge in [-0.05, 0) is 47.9 Å². The van der Waals surface area contributed by atoms with Gasteiger partial charge in [-0.15, -0.1) is 0 Å². The molecule has 3 atom stereocenters. The highest BCUT2D eigenvalue weighted by Gasteiger charge is 2.41. The monoisotopic (exact) mass is 558 g/mol. The first-order valence-corrected chi connectivity index (χ1v) is 13.5. The van der Waals surface area contributed by atoms with Crippen LogP contribution in [0.4, 0.5) is 0 Å². The Kier molecular flexibility index (Phi) is 8.39. The molecule has 0 aliphatic carbocycles. The largest absolute Gasteiger partial charge is 0.497 e. The fourth-order valence-electron chi connectivity index (χ4n) is 5.34. The van der Waals surface area contributed by atoms with Gasteiger partial charge in [0, 0.05) is 18.2 Å². The molecule has 0 saturated carbocycles. The van der Waals surface area contributed by atoms with Gasteiger partial charge in [-0.3, -0.25) is 14.3 Å². The van der Waals surface area contributed by atoms with Crippen LogP contribution in [-0.4, -0.2) is 53.8 Å². The van der Waals surface area contributed by atoms with Gasteiger partial charge in [0.05, 0.1) is 39.6 Å². The molecule has 0 unspecified atom stereocenters. The summed E-state index contributed by atoms with van der Waals surface area (Å²) in [6.07, 6.45) is -0.0510. The predicted molar refractivity (Wildman–Crippen MR) is 154 cm³/mol. The number of methoxy groups -OCH3 is 2. The van der Waals surface area contributed by atoms with E-state index in [0.717, 1.165) is 28.2 Å². The maximum absolute atomic E-state index is 12.3. The quantitative estimate of drug-likeness (QED) is 0.287. The number of hydrogen-bond acceptors (Lipinski definition) is 7. The van der Waals surface area contributed by atoms with Crippen molar-refractivity contribution in [2.45, 2.75) is 43.8 Å². The van der Waals surface area contributed by atoms with Gasteiger partial charge in [0.1, 0.15) is 23.2 Å². The number of nitrogens with one attached hydrogen (secondary N) is 1. The van der Waals surface area contributed by atoms with E-state index in [1.165, 1.54) is 10.8 Å². The molecule has 41 heavy (non-hydrogen) atoms. The lowest BCUT2D eigenvalue weighted by atomic mass is 9.80. The Morgan fingerprint density at radius 2 is 1.46 bits per heavy atom. The van der Waals surface area contributed by atoms with Crippen molar-refractivity contribution in [2.75, 3.05) is 20.8 Å². The van der Waals surface area contributed by atoms with E-state index >= 15 is 0 Å². The van der Waals surface area contributed by atoms with Crippen LogP contribution in [0.15, 0.2) is 94.6 Å². The summed E-state index contributed by atoms with van der Waals surface area (Å²) in [4.78, 5) is 26.4. The number of hydrogen-bond donors (Lipinski definition) is 2. The average Bonchev–Trinajstić information content (AvgIpc) is 3.35. The number of nitrogens with zero attached hydrogens (tertiary/aromatic N) is 1. The zero-order valence-corrected chi connectivity index (χ0v) is 23.3. The van der Waals surface area contributed by atoms with E-state index in [1.54, 1.807) is 21.1 Å². The molecule has 5 rings (SSSR count). The number of ether oxygens (including phenoxy) is 4. The molecule has 1 saturated heterocycles. The summed E-state index contributed by atoms with van der Waals surface area (Å²) in [6.45, 7) is 1.91. The summed E-state index contributed by atoms with van der Waals surface area (Å²) in [5.41, 5.74) is 1.08. The maximum Gasteiger partial charge on any atom is 0.328 e. The molecule has 1 aliphatic heterocycles. The van der Waals surface area contributed by atoms with Crippen LogP contribution in [0.1, 0.15) is 28.7 Å². The second-order valence-corrected chi connectivity index (χ2v) is 10.1. The van der Waals surface area contributed by atoms with Gasteiger partial charge in [0.2, 0.25) is 0 Å². The number of rotatable bonds is 10. The molecule has 0 radical (unpaired) electrons. The Morgan fingerprint density at radius 1 is 0.902 bits per heavy atom. The van der Waals surface area contributed by atoms with Crippen LogP contribution in [-0.2, 0) is 21.6 Å². The van der Waals surface area contributed by atoms with Crippen LogP contribution in [0.3, 0.4) is 0 Å². The van der Waals surface area contributed by atoms with Crippen molar-refractivity contribution in [3.8, 4) is 11.5 Å². The first kappa shape index (κ1) is 28.4. The summed E-state index contributed by atoms with van der Waals surface area (Å²) < 4.78 is 25.3. The number of aromatic nitrogens is 2. The molecule has 0 spiro atoms. The number of benzene rings is 3. The molecule has 1 fully saturated rings. The van der Waals surface area contributed by atoms with Gasteiger partial charge >= 0.3 is 5.69 Å². The van der Waals surface area contributed by atoms with Gasteiger partial charge in [-0.25, -0.2) is 4.79 Å². The maximum atomic E-state index is 12.3. The van der Waals surface area contributed by atoms with Crippen molar-refractivity contribution in [3.63, 3.8) is 0 Å². The van der Waals surface area contributed by atoms with Gasteiger partial charge in [0.25, 0.3) is 5.56 Å². The van der Waals surface area contributed by atoms with E-state index in [-0.39, 0.29) is 13.2 Å². The summed E-state index contributed by atoms with van der Waals surface area (Å²) in [7, 11) is 3.24. The van der Waals surface area contributed by atoms with Crippen molar-refractivity contribution >= 4 is 0 Å². The summed E-state index contributed by atoms with van der Waals surface area (Å²) in [6, 6.07) is 25.3. The highest BCUT2D eigenvalue weighted by Crippen LogP contribution is 2.42. The Bertz CT molecular complexity index is 1520. The van der Waals surface area contributed by atoms with Gasteiger partial charge in [-0.2, -0.15) is 0 Å². The van der Waals surface area contributed by atoms with Crippen LogP contribution in [0.2, 0.25) is 0 Å². The second kappa shape index (κ2) is 12.1. The second-order valence-electron chi connectivity index (χ2n) is 10.1. The SMILES string of the molecule is COc1ccc(C(OC[C@H]2O[C@@H](Cn3cc(C)c(=O)[nH]c3=O)C[C@@H]2O)(c2ccccc2)c2ccc(OC)cc2)cc1. The van der Waals surface area contributed by atoms with Crippen LogP contribution in [0, 0.1) is 6.92 Å². The van der Waals surface area contributed by atoms with Crippen molar-refractivity contribution in [2.24, 2.45) is 0 Å².